The number of hydrogen-bond donors (Lipinski definition) is 1. The number of aliphatic imine (C=N–C) groups is 2. The molecule has 0 aliphatic rings. The second kappa shape index (κ2) is 10.3. The molecule has 1 rings (SSSR count). The van der Waals surface area contributed by atoms with Gasteiger partial charge in [-0.05, 0) is 20.3 Å². The Bertz CT molecular complexity index is 558. The van der Waals surface area contributed by atoms with Crippen molar-refractivity contribution in [3.63, 3.8) is 0 Å². The van der Waals surface area contributed by atoms with Gasteiger partial charge in [0.1, 0.15) is 0 Å². The van der Waals surface area contributed by atoms with E-state index in [2.05, 4.69) is 23.5 Å². The Kier molecular flexibility index (Phi) is 8.73. The Balaban J connectivity index is 2.94. The zero-order chi connectivity index (χ0) is 17.2. The molecule has 0 aliphatic carbocycles. The molecule has 128 valence electrons. The SMILES string of the molecule is Cc1ncn(CCC(C)OOI)c1/N=C(/N=C/N(C)C)NC=O. The molecule has 1 aromatic rings. The summed E-state index contributed by atoms with van der Waals surface area (Å²) < 4.78 is 6.50. The average molecular weight is 436 g/mol. The van der Waals surface area contributed by atoms with Crippen molar-refractivity contribution in [1.82, 2.24) is 19.8 Å². The first-order valence-electron chi connectivity index (χ1n) is 6.93. The van der Waals surface area contributed by atoms with E-state index < -0.39 is 0 Å². The molecule has 1 amide bonds. The summed E-state index contributed by atoms with van der Waals surface area (Å²) in [6, 6.07) is 0. The van der Waals surface area contributed by atoms with E-state index in [1.165, 1.54) is 0 Å². The number of carbonyl (C=O) groups excluding carboxylic acids is 1. The summed E-state index contributed by atoms with van der Waals surface area (Å²) in [6.07, 6.45) is 4.44. The van der Waals surface area contributed by atoms with Crippen LogP contribution in [0, 0.1) is 6.92 Å². The van der Waals surface area contributed by atoms with Crippen molar-refractivity contribution in [2.75, 3.05) is 14.1 Å². The second-order valence-corrected chi connectivity index (χ2v) is 5.37. The van der Waals surface area contributed by atoms with E-state index in [-0.39, 0.29) is 12.1 Å². The monoisotopic (exact) mass is 436 g/mol. The van der Waals surface area contributed by atoms with Gasteiger partial charge in [0.05, 0.1) is 24.5 Å². The third-order valence-corrected chi connectivity index (χ3v) is 2.98. The van der Waals surface area contributed by atoms with Gasteiger partial charge in [0.15, 0.2) is 28.8 Å². The summed E-state index contributed by atoms with van der Waals surface area (Å²) in [7, 11) is 3.65. The molecule has 0 saturated carbocycles. The molecule has 1 N–H and O–H groups in total. The van der Waals surface area contributed by atoms with Crippen LogP contribution >= 0.6 is 23.0 Å². The molecule has 1 atom stereocenters. The zero-order valence-corrected chi connectivity index (χ0v) is 15.7. The summed E-state index contributed by atoms with van der Waals surface area (Å²) in [6.45, 7) is 4.40. The van der Waals surface area contributed by atoms with Gasteiger partial charge in [0.25, 0.3) is 0 Å². The van der Waals surface area contributed by atoms with Crippen LogP contribution < -0.4 is 5.32 Å². The maximum absolute atomic E-state index is 10.7. The third-order valence-electron chi connectivity index (χ3n) is 2.77. The van der Waals surface area contributed by atoms with Crippen LogP contribution in [0.2, 0.25) is 0 Å². The molecule has 10 heteroatoms. The van der Waals surface area contributed by atoms with Crippen LogP contribution in [0.15, 0.2) is 16.3 Å². The van der Waals surface area contributed by atoms with E-state index in [1.807, 2.05) is 32.5 Å². The molecule has 1 heterocycles. The van der Waals surface area contributed by atoms with E-state index in [4.69, 9.17) is 4.89 Å². The summed E-state index contributed by atoms with van der Waals surface area (Å²) in [5.74, 6) is 0.825. The maximum atomic E-state index is 10.7. The van der Waals surface area contributed by atoms with Crippen molar-refractivity contribution in [2.45, 2.75) is 32.9 Å². The first kappa shape index (κ1) is 19.5. The van der Waals surface area contributed by atoms with Crippen molar-refractivity contribution < 1.29 is 12.9 Å². The van der Waals surface area contributed by atoms with Gasteiger partial charge in [0, 0.05) is 20.6 Å². The molecule has 1 unspecified atom stereocenters. The average Bonchev–Trinajstić information content (AvgIpc) is 2.84. The minimum atomic E-state index is -0.0641. The molecule has 23 heavy (non-hydrogen) atoms. The highest BCUT2D eigenvalue weighted by Crippen LogP contribution is 2.19. The minimum absolute atomic E-state index is 0.0641. The van der Waals surface area contributed by atoms with E-state index in [0.29, 0.717) is 18.8 Å². The number of nitrogens with zero attached hydrogens (tertiary/aromatic N) is 5. The van der Waals surface area contributed by atoms with Gasteiger partial charge < -0.3 is 9.47 Å². The summed E-state index contributed by atoms with van der Waals surface area (Å²) in [4.78, 5) is 30.2. The van der Waals surface area contributed by atoms with Crippen LogP contribution in [0.25, 0.3) is 0 Å². The van der Waals surface area contributed by atoms with Gasteiger partial charge >= 0.3 is 0 Å². The number of halogens is 1. The zero-order valence-electron chi connectivity index (χ0n) is 13.6. The van der Waals surface area contributed by atoms with Crippen LogP contribution in [0.5, 0.6) is 0 Å². The fourth-order valence-corrected chi connectivity index (χ4v) is 1.99. The number of rotatable bonds is 8. The van der Waals surface area contributed by atoms with Crippen molar-refractivity contribution in [1.29, 1.82) is 0 Å². The smallest absolute Gasteiger partial charge is 0.232 e. The predicted molar refractivity (Wildman–Crippen MR) is 95.7 cm³/mol. The van der Waals surface area contributed by atoms with E-state index in [9.17, 15) is 4.79 Å². The summed E-state index contributed by atoms with van der Waals surface area (Å²) in [5, 5.41) is 2.47. The molecular formula is C13H21IN6O3. The lowest BCUT2D eigenvalue weighted by molar-refractivity contribution is -0.205. The van der Waals surface area contributed by atoms with Crippen LogP contribution in [-0.2, 0) is 19.4 Å². The first-order valence-corrected chi connectivity index (χ1v) is 7.81. The minimum Gasteiger partial charge on any atom is -0.369 e. The standard InChI is InChI=1S/C13H21IN6O3/c1-10(22-23-14)5-6-20-8-15-11(2)12(20)18-13(17-9-21)16-7-19(3)4/h7-10H,5-6H2,1-4H3,(H,17,18,21)/b16-7+. The number of nitrogens with one attached hydrogen (secondary N) is 1. The normalized spacial score (nSPS) is 13.3. The second-order valence-electron chi connectivity index (χ2n) is 5.01. The molecule has 0 aliphatic heterocycles. The molecule has 0 bridgehead atoms. The fourth-order valence-electron chi connectivity index (χ4n) is 1.64. The number of aryl methyl sites for hydroxylation is 2. The van der Waals surface area contributed by atoms with Crippen LogP contribution in [0.3, 0.4) is 0 Å². The molecule has 0 radical (unpaired) electrons. The van der Waals surface area contributed by atoms with Crippen LogP contribution in [-0.4, -0.2) is 53.4 Å². The predicted octanol–water partition coefficient (Wildman–Crippen LogP) is 1.59. The van der Waals surface area contributed by atoms with Crippen molar-refractivity contribution in [2.24, 2.45) is 9.98 Å². The number of guanidine groups is 1. The molecule has 0 aromatic carbocycles. The van der Waals surface area contributed by atoms with Gasteiger partial charge in [-0.1, -0.05) is 0 Å². The maximum Gasteiger partial charge on any atom is 0.232 e. The van der Waals surface area contributed by atoms with E-state index in [1.54, 1.807) is 40.6 Å². The number of hydrogen-bond acceptors (Lipinski definition) is 5. The van der Waals surface area contributed by atoms with Gasteiger partial charge in [-0.15, -0.1) is 0 Å². The molecule has 0 fully saturated rings. The Morgan fingerprint density at radius 1 is 1.61 bits per heavy atom. The van der Waals surface area contributed by atoms with Gasteiger partial charge in [-0.25, -0.2) is 14.9 Å². The van der Waals surface area contributed by atoms with Crippen molar-refractivity contribution in [3.8, 4) is 0 Å². The topological polar surface area (TPSA) is 93.3 Å². The molecular weight excluding hydrogens is 415 g/mol. The number of imidazole rings is 1. The van der Waals surface area contributed by atoms with Gasteiger partial charge in [-0.3, -0.25) is 10.1 Å². The Labute approximate surface area is 149 Å². The van der Waals surface area contributed by atoms with Gasteiger partial charge in [0.2, 0.25) is 12.4 Å². The highest BCUT2D eigenvalue weighted by molar-refractivity contribution is 14.1. The molecule has 9 nitrogen and oxygen atoms in total. The Morgan fingerprint density at radius 3 is 2.96 bits per heavy atom. The van der Waals surface area contributed by atoms with Crippen molar-refractivity contribution >= 4 is 47.5 Å². The molecule has 1 aromatic heterocycles. The highest BCUT2D eigenvalue weighted by atomic mass is 127. The lowest BCUT2D eigenvalue weighted by Crippen LogP contribution is -2.21. The van der Waals surface area contributed by atoms with E-state index in [0.717, 1.165) is 12.1 Å². The van der Waals surface area contributed by atoms with Crippen LogP contribution in [0.4, 0.5) is 5.82 Å². The highest BCUT2D eigenvalue weighted by Gasteiger charge is 2.10. The fraction of sp³-hybridized carbons (Fsp3) is 0.538. The third kappa shape index (κ3) is 7.05. The van der Waals surface area contributed by atoms with E-state index >= 15 is 0 Å². The number of carbonyl (C=O) groups is 1. The number of aromatic nitrogens is 2. The Morgan fingerprint density at radius 2 is 2.35 bits per heavy atom. The molecule has 0 spiro atoms. The van der Waals surface area contributed by atoms with Crippen molar-refractivity contribution in [3.05, 3.63) is 12.0 Å². The van der Waals surface area contributed by atoms with Crippen LogP contribution in [0.1, 0.15) is 19.0 Å². The van der Waals surface area contributed by atoms with Gasteiger partial charge in [-0.2, -0.15) is 8.21 Å². The lowest BCUT2D eigenvalue weighted by atomic mass is 10.3. The largest absolute Gasteiger partial charge is 0.369 e. The molecule has 0 saturated heterocycles. The first-order chi connectivity index (χ1) is 11.0. The summed E-state index contributed by atoms with van der Waals surface area (Å²) in [5.41, 5.74) is 0.744. The lowest BCUT2D eigenvalue weighted by Gasteiger charge is -2.11. The Hall–Kier alpha value is -1.53. The summed E-state index contributed by atoms with van der Waals surface area (Å²) >= 11 is 1.68. The number of amides is 1. The quantitative estimate of drug-likeness (QED) is 0.167.